The Bertz CT molecular complexity index is 265. The first-order valence-corrected chi connectivity index (χ1v) is 8.93. The van der Waals surface area contributed by atoms with Gasteiger partial charge in [-0.1, -0.05) is 27.2 Å². The van der Waals surface area contributed by atoms with Crippen LogP contribution in [0.1, 0.15) is 72.1 Å². The third-order valence-corrected chi connectivity index (χ3v) is 5.69. The van der Waals surface area contributed by atoms with Crippen LogP contribution in [0, 0.1) is 17.3 Å². The van der Waals surface area contributed by atoms with E-state index in [0.29, 0.717) is 5.41 Å². The van der Waals surface area contributed by atoms with Crippen LogP contribution in [-0.4, -0.2) is 25.8 Å². The third kappa shape index (κ3) is 5.37. The van der Waals surface area contributed by atoms with Crippen LogP contribution in [0.4, 0.5) is 0 Å². The van der Waals surface area contributed by atoms with Gasteiger partial charge in [0.2, 0.25) is 0 Å². The van der Waals surface area contributed by atoms with Gasteiger partial charge >= 0.3 is 0 Å². The molecule has 2 fully saturated rings. The summed E-state index contributed by atoms with van der Waals surface area (Å²) in [5, 5.41) is 3.74. The fourth-order valence-electron chi connectivity index (χ4n) is 3.38. The van der Waals surface area contributed by atoms with Crippen LogP contribution in [0.25, 0.3) is 0 Å². The van der Waals surface area contributed by atoms with Crippen molar-refractivity contribution in [3.8, 4) is 0 Å². The predicted octanol–water partition coefficient (Wildman–Crippen LogP) is 4.39. The quantitative estimate of drug-likeness (QED) is 0.633. The topological polar surface area (TPSA) is 21.3 Å². The maximum Gasteiger partial charge on any atom is 0.0494 e. The molecule has 1 N–H and O–H groups in total. The molecule has 0 aliphatic heterocycles. The minimum absolute atomic E-state index is 0.543. The predicted molar refractivity (Wildman–Crippen MR) is 86.0 cm³/mol. The fourth-order valence-corrected chi connectivity index (χ4v) is 3.38. The zero-order chi connectivity index (χ0) is 14.4. The van der Waals surface area contributed by atoms with Crippen molar-refractivity contribution in [1.82, 2.24) is 5.32 Å². The van der Waals surface area contributed by atoms with Crippen molar-refractivity contribution in [2.24, 2.45) is 17.3 Å². The van der Waals surface area contributed by atoms with Gasteiger partial charge in [-0.3, -0.25) is 0 Å². The molecule has 0 unspecified atom stereocenters. The standard InChI is InChI=1S/C18H35NO/c1-4-18(2,3)16-8-10-17(11-9-16)19-12-5-13-20-14-15-6-7-15/h15-17,19H,4-14H2,1-3H3. The number of nitrogens with one attached hydrogen (secondary N) is 1. The third-order valence-electron chi connectivity index (χ3n) is 5.69. The highest BCUT2D eigenvalue weighted by Crippen LogP contribution is 2.40. The van der Waals surface area contributed by atoms with E-state index in [1.807, 2.05) is 0 Å². The summed E-state index contributed by atoms with van der Waals surface area (Å²) in [5.74, 6) is 1.84. The first-order valence-electron chi connectivity index (χ1n) is 8.93. The highest BCUT2D eigenvalue weighted by Gasteiger charge is 2.31. The molecule has 0 bridgehead atoms. The van der Waals surface area contributed by atoms with Crippen molar-refractivity contribution in [3.63, 3.8) is 0 Å². The van der Waals surface area contributed by atoms with E-state index in [0.717, 1.165) is 37.6 Å². The van der Waals surface area contributed by atoms with Crippen molar-refractivity contribution >= 4 is 0 Å². The lowest BCUT2D eigenvalue weighted by Crippen LogP contribution is -2.37. The van der Waals surface area contributed by atoms with Crippen molar-refractivity contribution < 1.29 is 4.74 Å². The van der Waals surface area contributed by atoms with Crippen LogP contribution in [0.15, 0.2) is 0 Å². The van der Waals surface area contributed by atoms with Crippen LogP contribution < -0.4 is 5.32 Å². The zero-order valence-corrected chi connectivity index (χ0v) is 13.9. The summed E-state index contributed by atoms with van der Waals surface area (Å²) in [5.41, 5.74) is 0.543. The smallest absolute Gasteiger partial charge is 0.0494 e. The van der Waals surface area contributed by atoms with Crippen molar-refractivity contribution in [1.29, 1.82) is 0 Å². The molecule has 0 aromatic carbocycles. The van der Waals surface area contributed by atoms with Crippen LogP contribution in [0.3, 0.4) is 0 Å². The molecule has 0 aromatic heterocycles. The van der Waals surface area contributed by atoms with Crippen molar-refractivity contribution in [2.75, 3.05) is 19.8 Å². The van der Waals surface area contributed by atoms with Crippen molar-refractivity contribution in [3.05, 3.63) is 0 Å². The molecule has 0 spiro atoms. The Kier molecular flexibility index (Phi) is 6.35. The molecular formula is C18H35NO. The maximum absolute atomic E-state index is 5.68. The van der Waals surface area contributed by atoms with Crippen LogP contribution in [-0.2, 0) is 4.74 Å². The molecule has 0 heterocycles. The molecule has 2 nitrogen and oxygen atoms in total. The molecule has 0 radical (unpaired) electrons. The Balaban J connectivity index is 1.48. The van der Waals surface area contributed by atoms with Gasteiger partial charge in [0.15, 0.2) is 0 Å². The largest absolute Gasteiger partial charge is 0.381 e. The minimum atomic E-state index is 0.543. The summed E-state index contributed by atoms with van der Waals surface area (Å²) in [6.07, 6.45) is 10.9. The molecule has 2 heteroatoms. The summed E-state index contributed by atoms with van der Waals surface area (Å²) in [6.45, 7) is 10.3. The van der Waals surface area contributed by atoms with E-state index < -0.39 is 0 Å². The summed E-state index contributed by atoms with van der Waals surface area (Å²) in [7, 11) is 0. The second kappa shape index (κ2) is 7.79. The van der Waals surface area contributed by atoms with E-state index >= 15 is 0 Å². The average Bonchev–Trinajstić information content (AvgIpc) is 3.27. The number of hydrogen-bond acceptors (Lipinski definition) is 2. The lowest BCUT2D eigenvalue weighted by molar-refractivity contribution is 0.117. The van der Waals surface area contributed by atoms with Gasteiger partial charge in [-0.25, -0.2) is 0 Å². The molecule has 0 atom stereocenters. The first-order chi connectivity index (χ1) is 9.62. The van der Waals surface area contributed by atoms with Gasteiger partial charge in [0, 0.05) is 19.3 Å². The Morgan fingerprint density at radius 2 is 1.75 bits per heavy atom. The van der Waals surface area contributed by atoms with E-state index in [9.17, 15) is 0 Å². The van der Waals surface area contributed by atoms with Gasteiger partial charge in [0.05, 0.1) is 0 Å². The van der Waals surface area contributed by atoms with Crippen LogP contribution >= 0.6 is 0 Å². The average molecular weight is 281 g/mol. The van der Waals surface area contributed by atoms with E-state index in [1.54, 1.807) is 0 Å². The van der Waals surface area contributed by atoms with E-state index in [1.165, 1.54) is 51.4 Å². The normalized spacial score (nSPS) is 27.8. The second-order valence-electron chi connectivity index (χ2n) is 7.72. The molecular weight excluding hydrogens is 246 g/mol. The Labute approximate surface area is 126 Å². The van der Waals surface area contributed by atoms with Gasteiger partial charge in [-0.05, 0) is 68.7 Å². The minimum Gasteiger partial charge on any atom is -0.381 e. The van der Waals surface area contributed by atoms with Crippen LogP contribution in [0.5, 0.6) is 0 Å². The highest BCUT2D eigenvalue weighted by atomic mass is 16.5. The van der Waals surface area contributed by atoms with E-state index in [4.69, 9.17) is 4.74 Å². The number of ether oxygens (including phenoxy) is 1. The molecule has 2 saturated carbocycles. The number of hydrogen-bond donors (Lipinski definition) is 1. The molecule has 2 aliphatic rings. The highest BCUT2D eigenvalue weighted by molar-refractivity contribution is 4.84. The van der Waals surface area contributed by atoms with Gasteiger partial charge in [0.1, 0.15) is 0 Å². The summed E-state index contributed by atoms with van der Waals surface area (Å²) in [6, 6.07) is 0.766. The van der Waals surface area contributed by atoms with Gasteiger partial charge in [-0.2, -0.15) is 0 Å². The van der Waals surface area contributed by atoms with E-state index in [2.05, 4.69) is 26.1 Å². The Morgan fingerprint density at radius 1 is 1.05 bits per heavy atom. The monoisotopic (exact) mass is 281 g/mol. The van der Waals surface area contributed by atoms with Gasteiger partial charge < -0.3 is 10.1 Å². The molecule has 0 saturated heterocycles. The number of rotatable bonds is 9. The van der Waals surface area contributed by atoms with Crippen molar-refractivity contribution in [2.45, 2.75) is 78.2 Å². The summed E-state index contributed by atoms with van der Waals surface area (Å²) in [4.78, 5) is 0. The lowest BCUT2D eigenvalue weighted by atomic mass is 9.69. The van der Waals surface area contributed by atoms with Gasteiger partial charge in [0.25, 0.3) is 0 Å². The molecule has 2 aliphatic carbocycles. The Morgan fingerprint density at radius 3 is 2.35 bits per heavy atom. The zero-order valence-electron chi connectivity index (χ0n) is 13.9. The summed E-state index contributed by atoms with van der Waals surface area (Å²) < 4.78 is 5.68. The fraction of sp³-hybridized carbons (Fsp3) is 1.00. The lowest BCUT2D eigenvalue weighted by Gasteiger charge is -2.39. The maximum atomic E-state index is 5.68. The second-order valence-corrected chi connectivity index (χ2v) is 7.72. The molecule has 0 aromatic rings. The van der Waals surface area contributed by atoms with Gasteiger partial charge in [-0.15, -0.1) is 0 Å². The first kappa shape index (κ1) is 16.3. The van der Waals surface area contributed by atoms with E-state index in [-0.39, 0.29) is 0 Å². The SMILES string of the molecule is CCC(C)(C)C1CCC(NCCCOCC2CC2)CC1. The molecule has 118 valence electrons. The molecule has 2 rings (SSSR count). The molecule has 0 amide bonds. The van der Waals surface area contributed by atoms with Crippen LogP contribution in [0.2, 0.25) is 0 Å². The molecule has 20 heavy (non-hydrogen) atoms. The Hall–Kier alpha value is -0.0800. The summed E-state index contributed by atoms with van der Waals surface area (Å²) >= 11 is 0.